The van der Waals surface area contributed by atoms with Crippen LogP contribution < -0.4 is 0 Å². The average molecular weight is 119 g/mol. The van der Waals surface area contributed by atoms with Crippen LogP contribution in [-0.4, -0.2) is 17.5 Å². The lowest BCUT2D eigenvalue weighted by Crippen LogP contribution is -1.88. The fourth-order valence-corrected chi connectivity index (χ4v) is 0.556. The third kappa shape index (κ3) is 5.98. The molecule has 1 radical (unpaired) electrons. The SMILES string of the molecule is CC(=O)SCC[O]. The Morgan fingerprint density at radius 1 is 1.71 bits per heavy atom. The molecule has 0 aromatic rings. The van der Waals surface area contributed by atoms with E-state index in [-0.39, 0.29) is 11.7 Å². The van der Waals surface area contributed by atoms with Crippen LogP contribution in [0.5, 0.6) is 0 Å². The van der Waals surface area contributed by atoms with Gasteiger partial charge < -0.3 is 0 Å². The molecule has 0 N–H and O–H groups in total. The van der Waals surface area contributed by atoms with Gasteiger partial charge in [0.1, 0.15) is 0 Å². The van der Waals surface area contributed by atoms with Crippen molar-refractivity contribution in [3.63, 3.8) is 0 Å². The Kier molecular flexibility index (Phi) is 4.14. The highest BCUT2D eigenvalue weighted by atomic mass is 32.2. The lowest BCUT2D eigenvalue weighted by atomic mass is 10.9. The minimum absolute atomic E-state index is 0.0239. The lowest BCUT2D eigenvalue weighted by molar-refractivity contribution is -0.109. The first-order valence-electron chi connectivity index (χ1n) is 1.99. The van der Waals surface area contributed by atoms with Crippen molar-refractivity contribution in [2.75, 3.05) is 12.4 Å². The summed E-state index contributed by atoms with van der Waals surface area (Å²) in [7, 11) is 0. The Labute approximate surface area is 46.9 Å². The van der Waals surface area contributed by atoms with Crippen LogP contribution >= 0.6 is 11.8 Å². The number of carbonyl (C=O) groups excluding carboxylic acids is 1. The van der Waals surface area contributed by atoms with Crippen molar-refractivity contribution >= 4 is 16.9 Å². The van der Waals surface area contributed by atoms with Crippen LogP contribution in [-0.2, 0) is 9.90 Å². The summed E-state index contributed by atoms with van der Waals surface area (Å²) < 4.78 is 0. The maximum Gasteiger partial charge on any atom is 0.185 e. The summed E-state index contributed by atoms with van der Waals surface area (Å²) in [4.78, 5) is 10.0. The molecule has 0 atom stereocenters. The van der Waals surface area contributed by atoms with Crippen molar-refractivity contribution in [3.05, 3.63) is 0 Å². The quantitative estimate of drug-likeness (QED) is 0.536. The molecular weight excluding hydrogens is 112 g/mol. The molecule has 2 nitrogen and oxygen atoms in total. The zero-order valence-electron chi connectivity index (χ0n) is 4.14. The summed E-state index contributed by atoms with van der Waals surface area (Å²) in [6.45, 7) is 1.30. The van der Waals surface area contributed by atoms with Crippen LogP contribution in [0.1, 0.15) is 6.92 Å². The second-order valence-corrected chi connectivity index (χ2v) is 2.32. The Hall–Kier alpha value is -0.0200. The summed E-state index contributed by atoms with van der Waals surface area (Å²) in [6.07, 6.45) is 0. The van der Waals surface area contributed by atoms with Crippen LogP contribution in [0.25, 0.3) is 0 Å². The standard InChI is InChI=1S/C4H7O2S/c1-4(6)7-3-2-5/h2-3H2,1H3. The van der Waals surface area contributed by atoms with E-state index in [2.05, 4.69) is 0 Å². The van der Waals surface area contributed by atoms with Crippen molar-refractivity contribution in [1.29, 1.82) is 0 Å². The highest BCUT2D eigenvalue weighted by molar-refractivity contribution is 8.13. The first-order chi connectivity index (χ1) is 3.27. The molecule has 0 rings (SSSR count). The molecule has 0 saturated carbocycles. The Morgan fingerprint density at radius 2 is 2.29 bits per heavy atom. The van der Waals surface area contributed by atoms with Gasteiger partial charge in [0, 0.05) is 12.7 Å². The van der Waals surface area contributed by atoms with Crippen molar-refractivity contribution in [2.24, 2.45) is 0 Å². The molecule has 0 heterocycles. The largest absolute Gasteiger partial charge is 0.288 e. The van der Waals surface area contributed by atoms with E-state index < -0.39 is 0 Å². The maximum atomic E-state index is 10.0. The van der Waals surface area contributed by atoms with Crippen LogP contribution in [0, 0.1) is 0 Å². The molecule has 0 amide bonds. The second kappa shape index (κ2) is 4.15. The Bertz CT molecular complexity index is 62.7. The number of thioether (sulfide) groups is 1. The topological polar surface area (TPSA) is 37.0 Å². The Balaban J connectivity index is 2.82. The molecule has 0 spiro atoms. The number of hydrogen-bond acceptors (Lipinski definition) is 2. The van der Waals surface area contributed by atoms with Gasteiger partial charge in [-0.2, -0.15) is 0 Å². The van der Waals surface area contributed by atoms with E-state index in [9.17, 15) is 9.90 Å². The molecule has 7 heavy (non-hydrogen) atoms. The number of carbonyl (C=O) groups is 1. The van der Waals surface area contributed by atoms with Gasteiger partial charge in [0.15, 0.2) is 5.12 Å². The molecule has 0 aliphatic rings. The molecular formula is C4H7O2S. The van der Waals surface area contributed by atoms with E-state index in [0.29, 0.717) is 5.75 Å². The lowest BCUT2D eigenvalue weighted by Gasteiger charge is -1.84. The third-order valence-electron chi connectivity index (χ3n) is 0.389. The van der Waals surface area contributed by atoms with Crippen molar-refractivity contribution in [3.8, 4) is 0 Å². The van der Waals surface area contributed by atoms with Crippen LogP contribution in [0.3, 0.4) is 0 Å². The van der Waals surface area contributed by atoms with Gasteiger partial charge in [0.25, 0.3) is 0 Å². The van der Waals surface area contributed by atoms with E-state index in [0.717, 1.165) is 11.8 Å². The first-order valence-corrected chi connectivity index (χ1v) is 2.97. The van der Waals surface area contributed by atoms with Crippen molar-refractivity contribution < 1.29 is 9.90 Å². The zero-order chi connectivity index (χ0) is 5.70. The molecule has 0 aromatic heterocycles. The van der Waals surface area contributed by atoms with E-state index in [1.807, 2.05) is 0 Å². The monoisotopic (exact) mass is 119 g/mol. The minimum Gasteiger partial charge on any atom is -0.288 e. The summed E-state index contributed by atoms with van der Waals surface area (Å²) in [5.74, 6) is 0.412. The van der Waals surface area contributed by atoms with Gasteiger partial charge in [-0.15, -0.1) is 0 Å². The van der Waals surface area contributed by atoms with Gasteiger partial charge in [0.2, 0.25) is 0 Å². The Morgan fingerprint density at radius 3 is 2.43 bits per heavy atom. The molecule has 0 saturated heterocycles. The molecule has 0 fully saturated rings. The highest BCUT2D eigenvalue weighted by Crippen LogP contribution is 1.97. The van der Waals surface area contributed by atoms with Crippen molar-refractivity contribution in [1.82, 2.24) is 0 Å². The minimum atomic E-state index is -0.162. The molecule has 41 valence electrons. The predicted octanol–water partition coefficient (Wildman–Crippen LogP) is 0.697. The highest BCUT2D eigenvalue weighted by Gasteiger charge is 1.89. The van der Waals surface area contributed by atoms with E-state index in [1.165, 1.54) is 6.92 Å². The fourth-order valence-electron chi connectivity index (χ4n) is 0.185. The smallest absolute Gasteiger partial charge is 0.185 e. The molecule has 0 bridgehead atoms. The summed E-state index contributed by atoms with van der Waals surface area (Å²) in [5.41, 5.74) is 0. The number of hydrogen-bond donors (Lipinski definition) is 0. The molecule has 0 aromatic carbocycles. The average Bonchev–Trinajstić information content (AvgIpc) is 1.61. The van der Waals surface area contributed by atoms with Crippen LogP contribution in [0.4, 0.5) is 0 Å². The van der Waals surface area contributed by atoms with Crippen LogP contribution in [0.2, 0.25) is 0 Å². The van der Waals surface area contributed by atoms with Gasteiger partial charge in [-0.1, -0.05) is 11.8 Å². The van der Waals surface area contributed by atoms with Crippen LogP contribution in [0.15, 0.2) is 0 Å². The van der Waals surface area contributed by atoms with Gasteiger partial charge >= 0.3 is 0 Å². The predicted molar refractivity (Wildman–Crippen MR) is 28.7 cm³/mol. The maximum absolute atomic E-state index is 10.0. The summed E-state index contributed by atoms with van der Waals surface area (Å²) >= 11 is 1.08. The van der Waals surface area contributed by atoms with Gasteiger partial charge in [-0.3, -0.25) is 4.79 Å². The zero-order valence-corrected chi connectivity index (χ0v) is 4.96. The molecule has 0 aliphatic carbocycles. The van der Waals surface area contributed by atoms with Gasteiger partial charge in [0.05, 0.1) is 6.61 Å². The molecule has 0 unspecified atom stereocenters. The van der Waals surface area contributed by atoms with E-state index in [1.54, 1.807) is 0 Å². The van der Waals surface area contributed by atoms with Gasteiger partial charge in [-0.25, -0.2) is 5.11 Å². The third-order valence-corrected chi connectivity index (χ3v) is 1.17. The number of rotatable bonds is 2. The normalized spacial score (nSPS) is 8.86. The van der Waals surface area contributed by atoms with Crippen molar-refractivity contribution in [2.45, 2.75) is 6.92 Å². The van der Waals surface area contributed by atoms with E-state index >= 15 is 0 Å². The summed E-state index contributed by atoms with van der Waals surface area (Å²) in [5, 5.41) is 9.69. The molecule has 3 heteroatoms. The second-order valence-electron chi connectivity index (χ2n) is 1.04. The fraction of sp³-hybridized carbons (Fsp3) is 0.750. The van der Waals surface area contributed by atoms with E-state index in [4.69, 9.17) is 0 Å². The molecule has 0 aliphatic heterocycles. The van der Waals surface area contributed by atoms with Gasteiger partial charge in [-0.05, 0) is 0 Å². The first kappa shape index (κ1) is 6.98. The summed E-state index contributed by atoms with van der Waals surface area (Å²) in [6, 6.07) is 0.